The van der Waals surface area contributed by atoms with E-state index in [4.69, 9.17) is 5.73 Å². The Morgan fingerprint density at radius 3 is 2.72 bits per heavy atom. The van der Waals surface area contributed by atoms with E-state index in [1.807, 2.05) is 0 Å². The normalized spacial score (nSPS) is 21.8. The van der Waals surface area contributed by atoms with Gasteiger partial charge in [-0.3, -0.25) is 4.40 Å². The van der Waals surface area contributed by atoms with Gasteiger partial charge in [0.2, 0.25) is 0 Å². The highest BCUT2D eigenvalue weighted by molar-refractivity contribution is 5.58. The SMILES string of the molecule is C[C@H]1CN(c2ccnc(-c3cnc4cnc(C(F)F)cn34)n2)C[C@@H](CN)C1(F)F. The van der Waals surface area contributed by atoms with Gasteiger partial charge in [-0.1, -0.05) is 6.92 Å². The summed E-state index contributed by atoms with van der Waals surface area (Å²) < 4.78 is 56.1. The van der Waals surface area contributed by atoms with Gasteiger partial charge in [-0.15, -0.1) is 0 Å². The van der Waals surface area contributed by atoms with Crippen LogP contribution in [0.2, 0.25) is 0 Å². The molecule has 0 amide bonds. The van der Waals surface area contributed by atoms with Crippen LogP contribution in [0.25, 0.3) is 17.2 Å². The summed E-state index contributed by atoms with van der Waals surface area (Å²) >= 11 is 0. The number of anilines is 1. The highest BCUT2D eigenvalue weighted by Gasteiger charge is 2.49. The average Bonchev–Trinajstić information content (AvgIpc) is 3.13. The maximum atomic E-state index is 14.3. The van der Waals surface area contributed by atoms with Gasteiger partial charge in [0.15, 0.2) is 11.5 Å². The smallest absolute Gasteiger partial charge is 0.281 e. The highest BCUT2D eigenvalue weighted by Crippen LogP contribution is 2.38. The van der Waals surface area contributed by atoms with E-state index in [9.17, 15) is 17.6 Å². The lowest BCUT2D eigenvalue weighted by molar-refractivity contribution is -0.108. The van der Waals surface area contributed by atoms with Crippen LogP contribution in [-0.4, -0.2) is 49.9 Å². The number of piperidine rings is 1. The molecule has 154 valence electrons. The number of alkyl halides is 4. The van der Waals surface area contributed by atoms with E-state index < -0.39 is 29.9 Å². The van der Waals surface area contributed by atoms with E-state index in [1.54, 1.807) is 11.0 Å². The van der Waals surface area contributed by atoms with Gasteiger partial charge in [0, 0.05) is 37.9 Å². The molecule has 0 saturated carbocycles. The van der Waals surface area contributed by atoms with Crippen LogP contribution in [0.4, 0.5) is 23.4 Å². The van der Waals surface area contributed by atoms with Crippen molar-refractivity contribution in [3.05, 3.63) is 36.5 Å². The molecular weight excluding hydrogens is 390 g/mol. The predicted octanol–water partition coefficient (Wildman–Crippen LogP) is 2.79. The molecule has 1 aliphatic heterocycles. The van der Waals surface area contributed by atoms with Crippen LogP contribution >= 0.6 is 0 Å². The molecule has 1 saturated heterocycles. The number of fused-ring (bicyclic) bond motifs is 1. The van der Waals surface area contributed by atoms with E-state index >= 15 is 0 Å². The third-order valence-electron chi connectivity index (χ3n) is 5.25. The van der Waals surface area contributed by atoms with Gasteiger partial charge in [0.1, 0.15) is 17.2 Å². The Kier molecular flexibility index (Phi) is 4.85. The van der Waals surface area contributed by atoms with E-state index in [2.05, 4.69) is 19.9 Å². The maximum absolute atomic E-state index is 14.3. The van der Waals surface area contributed by atoms with Crippen LogP contribution in [0.1, 0.15) is 19.0 Å². The van der Waals surface area contributed by atoms with Gasteiger partial charge >= 0.3 is 0 Å². The van der Waals surface area contributed by atoms with Crippen LogP contribution in [0.15, 0.2) is 30.9 Å². The first-order chi connectivity index (χ1) is 13.8. The van der Waals surface area contributed by atoms with E-state index in [0.29, 0.717) is 17.2 Å². The van der Waals surface area contributed by atoms with Gasteiger partial charge in [-0.25, -0.2) is 37.5 Å². The number of nitrogens with zero attached hydrogens (tertiary/aromatic N) is 6. The molecule has 0 aromatic carbocycles. The fourth-order valence-electron chi connectivity index (χ4n) is 3.57. The molecule has 1 fully saturated rings. The molecule has 0 radical (unpaired) electrons. The Morgan fingerprint density at radius 1 is 1.21 bits per heavy atom. The van der Waals surface area contributed by atoms with E-state index in [1.165, 1.54) is 36.1 Å². The first-order valence-electron chi connectivity index (χ1n) is 9.08. The molecular formula is C18H19F4N7. The van der Waals surface area contributed by atoms with Crippen molar-refractivity contribution in [2.75, 3.05) is 24.5 Å². The summed E-state index contributed by atoms with van der Waals surface area (Å²) in [6.45, 7) is 1.53. The predicted molar refractivity (Wildman–Crippen MR) is 97.8 cm³/mol. The summed E-state index contributed by atoms with van der Waals surface area (Å²) in [4.78, 5) is 18.3. The van der Waals surface area contributed by atoms with E-state index in [0.717, 1.165) is 0 Å². The van der Waals surface area contributed by atoms with Crippen LogP contribution in [-0.2, 0) is 0 Å². The summed E-state index contributed by atoms with van der Waals surface area (Å²) in [6.07, 6.45) is 2.66. The molecule has 29 heavy (non-hydrogen) atoms. The third-order valence-corrected chi connectivity index (χ3v) is 5.25. The number of hydrogen-bond acceptors (Lipinski definition) is 6. The van der Waals surface area contributed by atoms with Crippen LogP contribution in [0.3, 0.4) is 0 Å². The Balaban J connectivity index is 1.70. The van der Waals surface area contributed by atoms with Crippen LogP contribution in [0.5, 0.6) is 0 Å². The largest absolute Gasteiger partial charge is 0.355 e. The monoisotopic (exact) mass is 409 g/mol. The first-order valence-corrected chi connectivity index (χ1v) is 9.08. The summed E-state index contributed by atoms with van der Waals surface area (Å²) in [5.41, 5.74) is 5.94. The molecule has 2 atom stereocenters. The minimum Gasteiger partial charge on any atom is -0.355 e. The lowest BCUT2D eigenvalue weighted by atomic mass is 9.86. The molecule has 2 N–H and O–H groups in total. The van der Waals surface area contributed by atoms with Crippen molar-refractivity contribution in [2.45, 2.75) is 19.3 Å². The van der Waals surface area contributed by atoms with Crippen molar-refractivity contribution in [3.8, 4) is 11.5 Å². The third kappa shape index (κ3) is 3.39. The molecule has 11 heteroatoms. The molecule has 0 aliphatic carbocycles. The lowest BCUT2D eigenvalue weighted by Gasteiger charge is -2.42. The zero-order valence-electron chi connectivity index (χ0n) is 15.5. The fraction of sp³-hybridized carbons (Fsp3) is 0.444. The Morgan fingerprint density at radius 2 is 2.00 bits per heavy atom. The average molecular weight is 409 g/mol. The van der Waals surface area contributed by atoms with Gasteiger partial charge in [-0.2, -0.15) is 0 Å². The molecule has 0 spiro atoms. The number of halogens is 4. The summed E-state index contributed by atoms with van der Waals surface area (Å²) in [5.74, 6) is -4.01. The molecule has 3 aromatic heterocycles. The number of imidazole rings is 1. The minimum atomic E-state index is -2.85. The second-order valence-corrected chi connectivity index (χ2v) is 7.14. The number of rotatable bonds is 4. The van der Waals surface area contributed by atoms with Gasteiger partial charge < -0.3 is 10.6 Å². The zero-order valence-corrected chi connectivity index (χ0v) is 15.5. The molecule has 0 unspecified atom stereocenters. The molecule has 7 nitrogen and oxygen atoms in total. The molecule has 3 aromatic rings. The molecule has 1 aliphatic rings. The Labute approximate surface area is 163 Å². The van der Waals surface area contributed by atoms with Gasteiger partial charge in [0.25, 0.3) is 12.3 Å². The summed E-state index contributed by atoms with van der Waals surface area (Å²) in [7, 11) is 0. The van der Waals surface area contributed by atoms with E-state index in [-0.39, 0.29) is 25.5 Å². The lowest BCUT2D eigenvalue weighted by Crippen LogP contribution is -2.55. The standard InChI is InChI=1S/C18H19F4N7/c1-10-7-28(8-11(4-23)18(10,21)22)14-2-3-24-17(27-14)13-5-26-15-6-25-12(16(19)20)9-29(13)15/h2-3,5-6,9-11,16H,4,7-8,23H2,1H3/t10-,11+/m0/s1. The van der Waals surface area contributed by atoms with Crippen molar-refractivity contribution in [1.82, 2.24) is 24.3 Å². The zero-order chi connectivity index (χ0) is 20.8. The number of aromatic nitrogens is 5. The second kappa shape index (κ2) is 7.21. The van der Waals surface area contributed by atoms with Crippen LogP contribution < -0.4 is 10.6 Å². The van der Waals surface area contributed by atoms with Crippen molar-refractivity contribution >= 4 is 11.5 Å². The second-order valence-electron chi connectivity index (χ2n) is 7.14. The van der Waals surface area contributed by atoms with Crippen LogP contribution in [0, 0.1) is 11.8 Å². The summed E-state index contributed by atoms with van der Waals surface area (Å²) in [5, 5.41) is 0. The van der Waals surface area contributed by atoms with Crippen molar-refractivity contribution in [1.29, 1.82) is 0 Å². The van der Waals surface area contributed by atoms with Crippen molar-refractivity contribution in [2.24, 2.45) is 17.6 Å². The Hall–Kier alpha value is -2.82. The van der Waals surface area contributed by atoms with Crippen molar-refractivity contribution in [3.63, 3.8) is 0 Å². The first kappa shape index (κ1) is 19.5. The Bertz CT molecular complexity index is 1020. The van der Waals surface area contributed by atoms with Crippen molar-refractivity contribution < 1.29 is 17.6 Å². The topological polar surface area (TPSA) is 85.2 Å². The maximum Gasteiger partial charge on any atom is 0.281 e. The summed E-state index contributed by atoms with van der Waals surface area (Å²) in [6, 6.07) is 1.63. The molecule has 4 heterocycles. The quantitative estimate of drug-likeness (QED) is 0.667. The fourth-order valence-corrected chi connectivity index (χ4v) is 3.57. The minimum absolute atomic E-state index is 0.0664. The molecule has 4 rings (SSSR count). The van der Waals surface area contributed by atoms with Gasteiger partial charge in [-0.05, 0) is 6.07 Å². The number of nitrogens with two attached hydrogens (primary N) is 1. The van der Waals surface area contributed by atoms with Gasteiger partial charge in [0.05, 0.1) is 18.3 Å². The molecule has 0 bridgehead atoms. The number of hydrogen-bond donors (Lipinski definition) is 1. The highest BCUT2D eigenvalue weighted by atomic mass is 19.3.